The molecule has 1 aromatic rings. The van der Waals surface area contributed by atoms with Crippen LogP contribution in [0.5, 0.6) is 0 Å². The van der Waals surface area contributed by atoms with Gasteiger partial charge in [0.15, 0.2) is 0 Å². The van der Waals surface area contributed by atoms with E-state index in [-0.39, 0.29) is 11.4 Å². The van der Waals surface area contributed by atoms with Crippen molar-refractivity contribution in [2.24, 2.45) is 11.3 Å². The largest absolute Gasteiger partial charge is 0.296 e. The lowest BCUT2D eigenvalue weighted by molar-refractivity contribution is 0.0361. The van der Waals surface area contributed by atoms with Crippen molar-refractivity contribution >= 4 is 5.91 Å². The number of amides is 1. The van der Waals surface area contributed by atoms with Gasteiger partial charge in [-0.05, 0) is 86.0 Å². The van der Waals surface area contributed by atoms with Crippen molar-refractivity contribution in [1.29, 1.82) is 0 Å². The highest BCUT2D eigenvalue weighted by Crippen LogP contribution is 2.52. The van der Waals surface area contributed by atoms with Gasteiger partial charge in [-0.2, -0.15) is 0 Å². The molecule has 4 rings (SSSR count). The summed E-state index contributed by atoms with van der Waals surface area (Å²) in [6.07, 6.45) is 11.4. The highest BCUT2D eigenvalue weighted by atomic mass is 19.1. The van der Waals surface area contributed by atoms with Crippen LogP contribution in [0.2, 0.25) is 0 Å². The van der Waals surface area contributed by atoms with Gasteiger partial charge in [-0.1, -0.05) is 13.3 Å². The molecule has 1 aliphatic heterocycles. The Labute approximate surface area is 161 Å². The molecule has 1 spiro atoms. The van der Waals surface area contributed by atoms with Crippen LogP contribution in [0.4, 0.5) is 4.39 Å². The maximum atomic E-state index is 14.6. The molecule has 2 fully saturated rings. The van der Waals surface area contributed by atoms with Crippen LogP contribution in [0.15, 0.2) is 12.1 Å². The molecule has 4 nitrogen and oxygen atoms in total. The SMILES string of the molecule is CC[C@@H]1Cc2c(F)cc(C(=O)NO)cc2CN1CC1CCC2(CCC2)CC1. The monoisotopic (exact) mass is 374 g/mol. The van der Waals surface area contributed by atoms with E-state index in [1.165, 1.54) is 51.0 Å². The second-order valence-corrected chi connectivity index (χ2v) is 9.03. The average molecular weight is 375 g/mol. The van der Waals surface area contributed by atoms with E-state index >= 15 is 0 Å². The minimum absolute atomic E-state index is 0.188. The molecule has 2 saturated carbocycles. The summed E-state index contributed by atoms with van der Waals surface area (Å²) in [7, 11) is 0. The predicted octanol–water partition coefficient (Wildman–Crippen LogP) is 4.44. The molecule has 1 aromatic carbocycles. The van der Waals surface area contributed by atoms with Crippen LogP contribution in [0.1, 0.15) is 79.8 Å². The molecule has 1 heterocycles. The molecule has 2 aliphatic carbocycles. The van der Waals surface area contributed by atoms with Crippen molar-refractivity contribution in [2.45, 2.75) is 77.3 Å². The Kier molecular flexibility index (Phi) is 5.26. The summed E-state index contributed by atoms with van der Waals surface area (Å²) in [6.45, 7) is 3.95. The Morgan fingerprint density at radius 3 is 2.63 bits per heavy atom. The first-order valence-electron chi connectivity index (χ1n) is 10.5. The minimum atomic E-state index is -0.654. The van der Waals surface area contributed by atoms with Crippen molar-refractivity contribution in [3.8, 4) is 0 Å². The first kappa shape index (κ1) is 18.9. The van der Waals surface area contributed by atoms with E-state index in [1.807, 2.05) is 0 Å². The number of hydrogen-bond acceptors (Lipinski definition) is 3. The van der Waals surface area contributed by atoms with Crippen LogP contribution in [-0.2, 0) is 13.0 Å². The van der Waals surface area contributed by atoms with Crippen molar-refractivity contribution in [3.05, 3.63) is 34.6 Å². The summed E-state index contributed by atoms with van der Waals surface area (Å²) in [6, 6.07) is 3.35. The molecular formula is C22H31FN2O2. The topological polar surface area (TPSA) is 52.6 Å². The lowest BCUT2D eigenvalue weighted by Crippen LogP contribution is -2.44. The van der Waals surface area contributed by atoms with Crippen LogP contribution in [0.3, 0.4) is 0 Å². The average Bonchev–Trinajstić information content (AvgIpc) is 2.66. The van der Waals surface area contributed by atoms with Gasteiger partial charge in [0.05, 0.1) is 0 Å². The third kappa shape index (κ3) is 3.64. The normalized spacial score (nSPS) is 25.1. The zero-order valence-corrected chi connectivity index (χ0v) is 16.3. The minimum Gasteiger partial charge on any atom is -0.296 e. The summed E-state index contributed by atoms with van der Waals surface area (Å²) < 4.78 is 14.6. The van der Waals surface area contributed by atoms with E-state index in [1.54, 1.807) is 11.5 Å². The third-order valence-corrected chi connectivity index (χ3v) is 7.53. The molecule has 0 unspecified atom stereocenters. The number of carbonyl (C=O) groups is 1. The fourth-order valence-electron chi connectivity index (χ4n) is 5.57. The molecule has 2 N–H and O–H groups in total. The van der Waals surface area contributed by atoms with E-state index in [0.29, 0.717) is 24.4 Å². The molecule has 148 valence electrons. The van der Waals surface area contributed by atoms with Gasteiger partial charge in [-0.15, -0.1) is 0 Å². The number of benzene rings is 1. The standard InChI is InChI=1S/C22H31FN2O2/c1-2-18-12-19-17(10-16(11-20(19)23)21(26)24-27)14-25(18)13-15-4-8-22(9-5-15)6-3-7-22/h10-11,15,18,27H,2-9,12-14H2,1H3,(H,24,26)/t18-/m1/s1. The smallest absolute Gasteiger partial charge is 0.274 e. The van der Waals surface area contributed by atoms with Gasteiger partial charge in [0, 0.05) is 24.7 Å². The second kappa shape index (κ2) is 7.51. The van der Waals surface area contributed by atoms with Crippen LogP contribution >= 0.6 is 0 Å². The number of nitrogens with one attached hydrogen (secondary N) is 1. The summed E-state index contributed by atoms with van der Waals surface area (Å²) in [4.78, 5) is 14.2. The third-order valence-electron chi connectivity index (χ3n) is 7.53. The van der Waals surface area contributed by atoms with E-state index in [0.717, 1.165) is 30.0 Å². The van der Waals surface area contributed by atoms with Crippen molar-refractivity contribution in [3.63, 3.8) is 0 Å². The fraction of sp³-hybridized carbons (Fsp3) is 0.682. The van der Waals surface area contributed by atoms with Gasteiger partial charge in [0.25, 0.3) is 5.91 Å². The Hall–Kier alpha value is -1.46. The molecule has 5 heteroatoms. The summed E-state index contributed by atoms with van der Waals surface area (Å²) in [5.41, 5.74) is 4.12. The zero-order valence-electron chi connectivity index (χ0n) is 16.3. The Bertz CT molecular complexity index is 707. The predicted molar refractivity (Wildman–Crippen MR) is 102 cm³/mol. The summed E-state index contributed by atoms with van der Waals surface area (Å²) >= 11 is 0. The van der Waals surface area contributed by atoms with Crippen LogP contribution in [0, 0.1) is 17.2 Å². The highest BCUT2D eigenvalue weighted by Gasteiger charge is 2.40. The quantitative estimate of drug-likeness (QED) is 0.605. The molecule has 27 heavy (non-hydrogen) atoms. The van der Waals surface area contributed by atoms with E-state index < -0.39 is 5.91 Å². The Balaban J connectivity index is 1.48. The first-order chi connectivity index (χ1) is 13.0. The van der Waals surface area contributed by atoms with Crippen molar-refractivity contribution < 1.29 is 14.4 Å². The second-order valence-electron chi connectivity index (χ2n) is 9.03. The van der Waals surface area contributed by atoms with Gasteiger partial charge in [-0.3, -0.25) is 14.9 Å². The highest BCUT2D eigenvalue weighted by molar-refractivity contribution is 5.93. The number of nitrogens with zero attached hydrogens (tertiary/aromatic N) is 1. The van der Waals surface area contributed by atoms with Gasteiger partial charge in [0.2, 0.25) is 0 Å². The zero-order chi connectivity index (χ0) is 19.0. The number of halogens is 1. The fourth-order valence-corrected chi connectivity index (χ4v) is 5.57. The number of rotatable bonds is 4. The van der Waals surface area contributed by atoms with E-state index in [9.17, 15) is 9.18 Å². The van der Waals surface area contributed by atoms with Crippen molar-refractivity contribution in [1.82, 2.24) is 10.4 Å². The summed E-state index contributed by atoms with van der Waals surface area (Å²) in [5, 5.41) is 8.87. The van der Waals surface area contributed by atoms with Crippen LogP contribution < -0.4 is 5.48 Å². The lowest BCUT2D eigenvalue weighted by Gasteiger charge is -2.48. The van der Waals surface area contributed by atoms with Gasteiger partial charge in [0.1, 0.15) is 5.82 Å². The number of hydrogen-bond donors (Lipinski definition) is 2. The summed E-state index contributed by atoms with van der Waals surface area (Å²) in [5.74, 6) is -0.242. The molecule has 0 aromatic heterocycles. The van der Waals surface area contributed by atoms with Gasteiger partial charge < -0.3 is 0 Å². The Morgan fingerprint density at radius 2 is 2.04 bits per heavy atom. The van der Waals surface area contributed by atoms with E-state index in [4.69, 9.17) is 5.21 Å². The van der Waals surface area contributed by atoms with Gasteiger partial charge in [-0.25, -0.2) is 9.87 Å². The molecular weight excluding hydrogens is 343 g/mol. The molecule has 1 amide bonds. The molecule has 1 atom stereocenters. The number of fused-ring (bicyclic) bond motifs is 1. The van der Waals surface area contributed by atoms with Crippen LogP contribution in [0.25, 0.3) is 0 Å². The molecule has 3 aliphatic rings. The van der Waals surface area contributed by atoms with Gasteiger partial charge >= 0.3 is 0 Å². The lowest BCUT2D eigenvalue weighted by atomic mass is 9.59. The maximum Gasteiger partial charge on any atom is 0.274 e. The van der Waals surface area contributed by atoms with Crippen molar-refractivity contribution in [2.75, 3.05) is 6.54 Å². The first-order valence-corrected chi connectivity index (χ1v) is 10.5. The molecule has 0 radical (unpaired) electrons. The maximum absolute atomic E-state index is 14.6. The number of carbonyl (C=O) groups excluding carboxylic acids is 1. The number of hydroxylamine groups is 1. The molecule has 0 saturated heterocycles. The van der Waals surface area contributed by atoms with E-state index in [2.05, 4.69) is 11.8 Å². The van der Waals surface area contributed by atoms with Crippen LogP contribution in [-0.4, -0.2) is 28.6 Å². The molecule has 0 bridgehead atoms. The Morgan fingerprint density at radius 1 is 1.30 bits per heavy atom.